The lowest BCUT2D eigenvalue weighted by Crippen LogP contribution is -2.06. The molecule has 374 valence electrons. The summed E-state index contributed by atoms with van der Waals surface area (Å²) in [6.07, 6.45) is 0. The van der Waals surface area contributed by atoms with E-state index in [-0.39, 0.29) is 0 Å². The first-order valence-electron chi connectivity index (χ1n) is 27.0. The van der Waals surface area contributed by atoms with Crippen LogP contribution in [0.15, 0.2) is 279 Å². The highest BCUT2D eigenvalue weighted by atomic mass is 32.1. The van der Waals surface area contributed by atoms with Crippen molar-refractivity contribution < 1.29 is 0 Å². The van der Waals surface area contributed by atoms with Gasteiger partial charge in [0.1, 0.15) is 0 Å². The van der Waals surface area contributed by atoms with Gasteiger partial charge in [-0.1, -0.05) is 206 Å². The van der Waals surface area contributed by atoms with Gasteiger partial charge >= 0.3 is 0 Å². The minimum absolute atomic E-state index is 0.614. The molecule has 0 spiro atoms. The van der Waals surface area contributed by atoms with Crippen LogP contribution in [0.3, 0.4) is 0 Å². The van der Waals surface area contributed by atoms with Crippen molar-refractivity contribution in [3.63, 3.8) is 0 Å². The largest absolute Gasteiger partial charge is 0.309 e. The number of rotatable bonds is 6. The van der Waals surface area contributed by atoms with Crippen LogP contribution in [0.4, 0.5) is 0 Å². The standard InChI is InChI=1S/C37H22N4S.C36H24N2/c1-3-13-23(14-4-1)35-38-36(24-15-5-2-6-16-24)40-37(39-35)41-29-21-11-9-19-27(29)31-25-17-7-8-18-26(25)32-28-20-10-12-22-30(28)42-34(32)33(31)41;1-3-11-27(12-4-1)37-33-17-9-7-15-29(33)31-23-25(19-21-35(31)37)26-20-22-36-32(24-26)30-16-8-10-18-34(30)38(36)28-13-5-2-6-14-28/h1-22H;1-24H. The first-order valence-corrected chi connectivity index (χ1v) is 27.8. The van der Waals surface area contributed by atoms with Gasteiger partial charge in [0.05, 0.1) is 37.8 Å². The van der Waals surface area contributed by atoms with Crippen molar-refractivity contribution in [2.45, 2.75) is 0 Å². The summed E-state index contributed by atoms with van der Waals surface area (Å²) in [4.78, 5) is 15.3. The number of nitrogens with zero attached hydrogens (tertiary/aromatic N) is 6. The van der Waals surface area contributed by atoms with Crippen molar-refractivity contribution >= 4 is 108 Å². The molecule has 0 saturated carbocycles. The summed E-state index contributed by atoms with van der Waals surface area (Å²) in [6, 6.07) is 98.9. The van der Waals surface area contributed by atoms with E-state index in [2.05, 4.69) is 256 Å². The molecule has 0 saturated heterocycles. The molecular weight excluding hydrogens is 993 g/mol. The fourth-order valence-electron chi connectivity index (χ4n) is 12.2. The molecule has 0 amide bonds. The first kappa shape index (κ1) is 45.7. The van der Waals surface area contributed by atoms with E-state index in [0.717, 1.165) is 22.2 Å². The van der Waals surface area contributed by atoms with Crippen LogP contribution in [0.2, 0.25) is 0 Å². The van der Waals surface area contributed by atoms with Crippen LogP contribution >= 0.6 is 11.3 Å². The highest BCUT2D eigenvalue weighted by Crippen LogP contribution is 2.48. The summed E-state index contributed by atoms with van der Waals surface area (Å²) in [5, 5.41) is 12.6. The zero-order chi connectivity index (χ0) is 52.7. The summed E-state index contributed by atoms with van der Waals surface area (Å²) < 4.78 is 9.50. The minimum atomic E-state index is 0.614. The van der Waals surface area contributed by atoms with Gasteiger partial charge in [-0.25, -0.2) is 4.98 Å². The number of hydrogen-bond acceptors (Lipinski definition) is 4. The zero-order valence-corrected chi connectivity index (χ0v) is 44.0. The van der Waals surface area contributed by atoms with Gasteiger partial charge in [0.15, 0.2) is 11.6 Å². The van der Waals surface area contributed by atoms with Crippen molar-refractivity contribution in [1.29, 1.82) is 0 Å². The van der Waals surface area contributed by atoms with Gasteiger partial charge in [-0.2, -0.15) is 9.97 Å². The minimum Gasteiger partial charge on any atom is -0.309 e. The molecule has 0 aliphatic heterocycles. The maximum Gasteiger partial charge on any atom is 0.238 e. The SMILES string of the molecule is c1ccc(-c2nc(-c3ccccc3)nc(-n3c4ccccc4c4c5ccccc5c5c6ccccc6sc5c43)n2)cc1.c1ccc(-n2c3ccccc3c3cc(-c4ccc5c(c4)c4ccccc4n5-c4ccccc4)ccc32)cc1. The average molecular weight is 1040 g/mol. The van der Waals surface area contributed by atoms with Crippen LogP contribution in [0, 0.1) is 0 Å². The number of para-hydroxylation sites is 5. The van der Waals surface area contributed by atoms with E-state index in [1.165, 1.54) is 108 Å². The van der Waals surface area contributed by atoms with Gasteiger partial charge in [0.25, 0.3) is 0 Å². The second-order valence-electron chi connectivity index (χ2n) is 20.3. The molecule has 0 bridgehead atoms. The lowest BCUT2D eigenvalue weighted by atomic mass is 9.99. The molecule has 5 aromatic heterocycles. The third-order valence-electron chi connectivity index (χ3n) is 15.7. The number of hydrogen-bond donors (Lipinski definition) is 0. The third kappa shape index (κ3) is 7.29. The fraction of sp³-hybridized carbons (Fsp3) is 0. The monoisotopic (exact) mass is 1040 g/mol. The zero-order valence-electron chi connectivity index (χ0n) is 43.1. The van der Waals surface area contributed by atoms with Crippen LogP contribution < -0.4 is 0 Å². The van der Waals surface area contributed by atoms with Gasteiger partial charge in [0.2, 0.25) is 5.95 Å². The third-order valence-corrected chi connectivity index (χ3v) is 16.9. The molecule has 0 radical (unpaired) electrons. The van der Waals surface area contributed by atoms with Crippen molar-refractivity contribution in [1.82, 2.24) is 28.7 Å². The number of benzene rings is 12. The Balaban J connectivity index is 0.000000133. The lowest BCUT2D eigenvalue weighted by Gasteiger charge is -2.12. The molecule has 17 rings (SSSR count). The summed E-state index contributed by atoms with van der Waals surface area (Å²) in [6.45, 7) is 0. The molecule has 7 heteroatoms. The topological polar surface area (TPSA) is 53.5 Å². The maximum atomic E-state index is 5.16. The Hall–Kier alpha value is -10.5. The predicted molar refractivity (Wildman–Crippen MR) is 336 cm³/mol. The fourth-order valence-corrected chi connectivity index (χ4v) is 13.5. The van der Waals surface area contributed by atoms with Gasteiger partial charge in [-0.15, -0.1) is 11.3 Å². The summed E-state index contributed by atoms with van der Waals surface area (Å²) >= 11 is 1.84. The van der Waals surface area contributed by atoms with Crippen LogP contribution in [0.25, 0.3) is 148 Å². The summed E-state index contributed by atoms with van der Waals surface area (Å²) in [7, 11) is 0. The first-order chi connectivity index (χ1) is 39.7. The van der Waals surface area contributed by atoms with Gasteiger partial charge in [-0.3, -0.25) is 4.57 Å². The van der Waals surface area contributed by atoms with Gasteiger partial charge in [-0.05, 0) is 94.7 Å². The highest BCUT2D eigenvalue weighted by Gasteiger charge is 2.24. The number of fused-ring (bicyclic) bond motifs is 16. The Morgan fingerprint density at radius 1 is 0.263 bits per heavy atom. The molecule has 0 unspecified atom stereocenters. The van der Waals surface area contributed by atoms with Crippen LogP contribution in [0.5, 0.6) is 0 Å². The van der Waals surface area contributed by atoms with E-state index < -0.39 is 0 Å². The van der Waals surface area contributed by atoms with E-state index >= 15 is 0 Å². The second kappa shape index (κ2) is 18.6. The number of thiophene rings is 1. The molecule has 6 nitrogen and oxygen atoms in total. The molecule has 0 N–H and O–H groups in total. The van der Waals surface area contributed by atoms with Crippen LogP contribution in [-0.4, -0.2) is 28.7 Å². The molecule has 5 heterocycles. The van der Waals surface area contributed by atoms with E-state index in [1.54, 1.807) is 0 Å². The Bertz CT molecular complexity index is 5020. The summed E-state index contributed by atoms with van der Waals surface area (Å²) in [5.41, 5.74) is 13.8. The van der Waals surface area contributed by atoms with Crippen molar-refractivity contribution in [2.24, 2.45) is 0 Å². The Morgan fingerprint density at radius 2 is 0.650 bits per heavy atom. The molecule has 0 aliphatic rings. The Morgan fingerprint density at radius 3 is 1.16 bits per heavy atom. The molecule has 0 atom stereocenters. The molecular formula is C73H46N6S. The smallest absolute Gasteiger partial charge is 0.238 e. The molecule has 17 aromatic rings. The van der Waals surface area contributed by atoms with Crippen molar-refractivity contribution in [2.75, 3.05) is 0 Å². The van der Waals surface area contributed by atoms with Crippen molar-refractivity contribution in [3.8, 4) is 51.2 Å². The van der Waals surface area contributed by atoms with E-state index in [9.17, 15) is 0 Å². The maximum absolute atomic E-state index is 5.16. The van der Waals surface area contributed by atoms with Crippen LogP contribution in [-0.2, 0) is 0 Å². The summed E-state index contributed by atoms with van der Waals surface area (Å²) in [5.74, 6) is 1.92. The molecule has 80 heavy (non-hydrogen) atoms. The molecule has 0 fully saturated rings. The van der Waals surface area contributed by atoms with E-state index in [4.69, 9.17) is 15.0 Å². The quantitative estimate of drug-likeness (QED) is 0.167. The molecule has 0 aliphatic carbocycles. The molecule has 12 aromatic carbocycles. The predicted octanol–water partition coefficient (Wildman–Crippen LogP) is 19.4. The van der Waals surface area contributed by atoms with E-state index in [1.807, 2.05) is 47.7 Å². The van der Waals surface area contributed by atoms with Crippen molar-refractivity contribution in [3.05, 3.63) is 279 Å². The number of aromatic nitrogens is 6. The average Bonchev–Trinajstić information content (AvgIpc) is 4.23. The highest BCUT2D eigenvalue weighted by molar-refractivity contribution is 7.27. The normalized spacial score (nSPS) is 11.8. The Labute approximate surface area is 464 Å². The lowest BCUT2D eigenvalue weighted by molar-refractivity contribution is 0.955. The second-order valence-corrected chi connectivity index (χ2v) is 21.3. The van der Waals surface area contributed by atoms with Crippen LogP contribution in [0.1, 0.15) is 0 Å². The van der Waals surface area contributed by atoms with Gasteiger partial charge < -0.3 is 9.13 Å². The van der Waals surface area contributed by atoms with Gasteiger partial charge in [0, 0.05) is 70.3 Å². The Kier molecular flexibility index (Phi) is 10.6. The van der Waals surface area contributed by atoms with E-state index in [0.29, 0.717) is 17.6 Å².